The average Bonchev–Trinajstić information content (AvgIpc) is 2.37. The molecule has 0 fully saturated rings. The van der Waals surface area contributed by atoms with Gasteiger partial charge < -0.3 is 20.5 Å². The minimum Gasteiger partial charge on any atom is -0.387 e. The van der Waals surface area contributed by atoms with Gasteiger partial charge in [-0.2, -0.15) is 0 Å². The van der Waals surface area contributed by atoms with E-state index in [9.17, 15) is 9.90 Å². The first-order chi connectivity index (χ1) is 8.65. The van der Waals surface area contributed by atoms with E-state index in [1.54, 1.807) is 31.4 Å². The van der Waals surface area contributed by atoms with E-state index in [-0.39, 0.29) is 12.6 Å². The SMILES string of the molecule is COCCNC(=O)NC[C@H](O)c1ccccc1Cl. The van der Waals surface area contributed by atoms with Gasteiger partial charge in [-0.25, -0.2) is 4.79 Å². The van der Waals surface area contributed by atoms with Gasteiger partial charge in [0, 0.05) is 30.8 Å². The second-order valence-electron chi connectivity index (χ2n) is 3.67. The fourth-order valence-electron chi connectivity index (χ4n) is 1.37. The van der Waals surface area contributed by atoms with Crippen LogP contribution in [-0.2, 0) is 4.74 Å². The Hall–Kier alpha value is -1.30. The van der Waals surface area contributed by atoms with Crippen LogP contribution in [0.3, 0.4) is 0 Å². The molecule has 0 bridgehead atoms. The molecule has 0 saturated heterocycles. The van der Waals surface area contributed by atoms with Crippen LogP contribution < -0.4 is 10.6 Å². The molecule has 0 aromatic heterocycles. The second-order valence-corrected chi connectivity index (χ2v) is 4.07. The van der Waals surface area contributed by atoms with Crippen LogP contribution in [0.5, 0.6) is 0 Å². The van der Waals surface area contributed by atoms with Crippen molar-refractivity contribution in [1.82, 2.24) is 10.6 Å². The van der Waals surface area contributed by atoms with Crippen LogP contribution in [0, 0.1) is 0 Å². The largest absolute Gasteiger partial charge is 0.387 e. The zero-order valence-corrected chi connectivity index (χ0v) is 10.9. The van der Waals surface area contributed by atoms with Crippen molar-refractivity contribution in [1.29, 1.82) is 0 Å². The second kappa shape index (κ2) is 7.92. The van der Waals surface area contributed by atoms with Crippen LogP contribution in [0.15, 0.2) is 24.3 Å². The predicted molar refractivity (Wildman–Crippen MR) is 69.7 cm³/mol. The van der Waals surface area contributed by atoms with Crippen molar-refractivity contribution in [2.75, 3.05) is 26.8 Å². The number of aliphatic hydroxyl groups excluding tert-OH is 1. The third-order valence-electron chi connectivity index (χ3n) is 2.31. The highest BCUT2D eigenvalue weighted by Gasteiger charge is 2.11. The van der Waals surface area contributed by atoms with E-state index in [1.807, 2.05) is 0 Å². The first-order valence-corrected chi connectivity index (χ1v) is 5.96. The number of methoxy groups -OCH3 is 1. The number of hydrogen-bond donors (Lipinski definition) is 3. The molecule has 0 aliphatic carbocycles. The number of nitrogens with one attached hydrogen (secondary N) is 2. The fraction of sp³-hybridized carbons (Fsp3) is 0.417. The molecule has 0 aliphatic rings. The van der Waals surface area contributed by atoms with Crippen LogP contribution in [0.2, 0.25) is 5.02 Å². The maximum Gasteiger partial charge on any atom is 0.314 e. The number of carbonyl (C=O) groups is 1. The Kier molecular flexibility index (Phi) is 6.49. The summed E-state index contributed by atoms with van der Waals surface area (Å²) in [5.74, 6) is 0. The highest BCUT2D eigenvalue weighted by molar-refractivity contribution is 6.31. The zero-order valence-electron chi connectivity index (χ0n) is 10.1. The quantitative estimate of drug-likeness (QED) is 0.684. The highest BCUT2D eigenvalue weighted by atomic mass is 35.5. The van der Waals surface area contributed by atoms with Crippen molar-refractivity contribution in [2.45, 2.75) is 6.10 Å². The Labute approximate surface area is 111 Å². The lowest BCUT2D eigenvalue weighted by Crippen LogP contribution is -2.39. The van der Waals surface area contributed by atoms with Gasteiger partial charge in [0.2, 0.25) is 0 Å². The van der Waals surface area contributed by atoms with Gasteiger partial charge in [-0.15, -0.1) is 0 Å². The van der Waals surface area contributed by atoms with Crippen molar-refractivity contribution < 1.29 is 14.6 Å². The summed E-state index contributed by atoms with van der Waals surface area (Å²) >= 11 is 5.93. The van der Waals surface area contributed by atoms with E-state index in [2.05, 4.69) is 10.6 Å². The van der Waals surface area contributed by atoms with Crippen molar-refractivity contribution in [2.24, 2.45) is 0 Å². The molecule has 0 heterocycles. The topological polar surface area (TPSA) is 70.6 Å². The molecule has 1 aromatic carbocycles. The van der Waals surface area contributed by atoms with Crippen LogP contribution in [0.25, 0.3) is 0 Å². The summed E-state index contributed by atoms with van der Waals surface area (Å²) in [7, 11) is 1.56. The van der Waals surface area contributed by atoms with Gasteiger partial charge in [-0.3, -0.25) is 0 Å². The normalized spacial score (nSPS) is 11.9. The number of hydrogen-bond acceptors (Lipinski definition) is 3. The molecule has 6 heteroatoms. The summed E-state index contributed by atoms with van der Waals surface area (Å²) in [6.07, 6.45) is -0.827. The number of amides is 2. The van der Waals surface area contributed by atoms with Crippen molar-refractivity contribution in [3.05, 3.63) is 34.9 Å². The van der Waals surface area contributed by atoms with Crippen molar-refractivity contribution >= 4 is 17.6 Å². The molecule has 3 N–H and O–H groups in total. The molecule has 0 aliphatic heterocycles. The number of benzene rings is 1. The molecule has 0 radical (unpaired) electrons. The van der Waals surface area contributed by atoms with Gasteiger partial charge in [-0.05, 0) is 6.07 Å². The number of ether oxygens (including phenoxy) is 1. The molecule has 0 spiro atoms. The molecular weight excluding hydrogens is 256 g/mol. The summed E-state index contributed by atoms with van der Waals surface area (Å²) in [4.78, 5) is 11.3. The number of urea groups is 1. The van der Waals surface area contributed by atoms with Gasteiger partial charge in [0.05, 0.1) is 12.7 Å². The van der Waals surface area contributed by atoms with Gasteiger partial charge in [-0.1, -0.05) is 29.8 Å². The summed E-state index contributed by atoms with van der Waals surface area (Å²) in [5.41, 5.74) is 0.594. The lowest BCUT2D eigenvalue weighted by Gasteiger charge is -2.14. The van der Waals surface area contributed by atoms with Crippen LogP contribution in [-0.4, -0.2) is 37.9 Å². The van der Waals surface area contributed by atoms with Crippen LogP contribution in [0.1, 0.15) is 11.7 Å². The maximum atomic E-state index is 11.3. The number of halogens is 1. The van der Waals surface area contributed by atoms with Gasteiger partial charge in [0.15, 0.2) is 0 Å². The summed E-state index contributed by atoms with van der Waals surface area (Å²) in [6, 6.07) is 6.63. The van der Waals surface area contributed by atoms with E-state index in [4.69, 9.17) is 16.3 Å². The molecule has 1 aromatic rings. The molecule has 2 amide bonds. The summed E-state index contributed by atoms with van der Waals surface area (Å²) in [6.45, 7) is 0.966. The Morgan fingerprint density at radius 3 is 2.83 bits per heavy atom. The smallest absolute Gasteiger partial charge is 0.314 e. The molecular formula is C12H17ClN2O3. The summed E-state index contributed by atoms with van der Waals surface area (Å²) in [5, 5.41) is 15.5. The monoisotopic (exact) mass is 272 g/mol. The predicted octanol–water partition coefficient (Wildman–Crippen LogP) is 1.32. The Balaban J connectivity index is 2.35. The molecule has 1 atom stereocenters. The first-order valence-electron chi connectivity index (χ1n) is 5.58. The third-order valence-corrected chi connectivity index (χ3v) is 2.66. The average molecular weight is 273 g/mol. The molecule has 5 nitrogen and oxygen atoms in total. The van der Waals surface area contributed by atoms with Crippen molar-refractivity contribution in [3.63, 3.8) is 0 Å². The Morgan fingerprint density at radius 1 is 1.44 bits per heavy atom. The van der Waals surface area contributed by atoms with E-state index >= 15 is 0 Å². The number of carbonyl (C=O) groups excluding carboxylic acids is 1. The number of rotatable bonds is 6. The van der Waals surface area contributed by atoms with Crippen molar-refractivity contribution in [3.8, 4) is 0 Å². The molecule has 0 unspecified atom stereocenters. The van der Waals surface area contributed by atoms with Gasteiger partial charge in [0.1, 0.15) is 0 Å². The van der Waals surface area contributed by atoms with E-state index < -0.39 is 6.10 Å². The van der Waals surface area contributed by atoms with Gasteiger partial charge >= 0.3 is 6.03 Å². The fourth-order valence-corrected chi connectivity index (χ4v) is 1.64. The molecule has 18 heavy (non-hydrogen) atoms. The van der Waals surface area contributed by atoms with E-state index in [0.717, 1.165) is 0 Å². The summed E-state index contributed by atoms with van der Waals surface area (Å²) < 4.78 is 4.79. The van der Waals surface area contributed by atoms with Crippen LogP contribution >= 0.6 is 11.6 Å². The Bertz CT molecular complexity index is 387. The van der Waals surface area contributed by atoms with E-state index in [1.165, 1.54) is 0 Å². The standard InChI is InChI=1S/C12H17ClN2O3/c1-18-7-6-14-12(17)15-8-11(16)9-4-2-3-5-10(9)13/h2-5,11,16H,6-8H2,1H3,(H2,14,15,17)/t11-/m0/s1. The highest BCUT2D eigenvalue weighted by Crippen LogP contribution is 2.21. The molecule has 1 rings (SSSR count). The maximum absolute atomic E-state index is 11.3. The number of aliphatic hydroxyl groups is 1. The lowest BCUT2D eigenvalue weighted by atomic mass is 10.1. The minimum absolute atomic E-state index is 0.0998. The zero-order chi connectivity index (χ0) is 13.4. The lowest BCUT2D eigenvalue weighted by molar-refractivity contribution is 0.171. The van der Waals surface area contributed by atoms with Gasteiger partial charge in [0.25, 0.3) is 0 Å². The first kappa shape index (κ1) is 14.8. The Morgan fingerprint density at radius 2 is 2.17 bits per heavy atom. The third kappa shape index (κ3) is 4.91. The molecule has 100 valence electrons. The molecule has 0 saturated carbocycles. The minimum atomic E-state index is -0.827. The van der Waals surface area contributed by atoms with E-state index in [0.29, 0.717) is 23.7 Å². The van der Waals surface area contributed by atoms with Crippen LogP contribution in [0.4, 0.5) is 4.79 Å².